The lowest BCUT2D eigenvalue weighted by Crippen LogP contribution is -2.24. The van der Waals surface area contributed by atoms with Gasteiger partial charge in [0, 0.05) is 40.9 Å². The van der Waals surface area contributed by atoms with E-state index in [9.17, 15) is 14.3 Å². The number of phenolic OH excluding ortho intramolecular Hbond substituents is 1. The highest BCUT2D eigenvalue weighted by molar-refractivity contribution is 5.98. The minimum absolute atomic E-state index is 0.0587. The summed E-state index contributed by atoms with van der Waals surface area (Å²) in [6.45, 7) is 0. The topological polar surface area (TPSA) is 132 Å². The van der Waals surface area contributed by atoms with E-state index in [0.29, 0.717) is 39.5 Å². The fraction of sp³-hybridized carbons (Fsp3) is 0.194. The molecule has 204 valence electrons. The lowest BCUT2D eigenvalue weighted by Gasteiger charge is -2.20. The number of rotatable bonds is 5. The minimum Gasteiger partial charge on any atom is -0.508 e. The minimum atomic E-state index is -0.563. The Labute approximate surface area is 233 Å². The van der Waals surface area contributed by atoms with Crippen LogP contribution in [0.3, 0.4) is 0 Å². The van der Waals surface area contributed by atoms with Crippen LogP contribution in [0.5, 0.6) is 5.75 Å². The third-order valence-corrected chi connectivity index (χ3v) is 7.66. The summed E-state index contributed by atoms with van der Waals surface area (Å²) >= 11 is 0. The van der Waals surface area contributed by atoms with Crippen LogP contribution in [0, 0.1) is 11.7 Å². The van der Waals surface area contributed by atoms with E-state index in [1.165, 1.54) is 18.6 Å². The molecule has 0 saturated heterocycles. The predicted octanol–water partition coefficient (Wildman–Crippen LogP) is 6.59. The van der Waals surface area contributed by atoms with Gasteiger partial charge in [-0.15, -0.1) is 0 Å². The predicted molar refractivity (Wildman–Crippen MR) is 154 cm³/mol. The zero-order valence-corrected chi connectivity index (χ0v) is 22.0. The first kappa shape index (κ1) is 24.9. The summed E-state index contributed by atoms with van der Waals surface area (Å²) in [6, 6.07) is 13.5. The van der Waals surface area contributed by atoms with Gasteiger partial charge in [-0.05, 0) is 54.8 Å². The smallest absolute Gasteiger partial charge is 0.227 e. The van der Waals surface area contributed by atoms with Crippen molar-refractivity contribution in [1.82, 2.24) is 30.1 Å². The Hall–Kier alpha value is -5.12. The number of carbonyl (C=O) groups excluding carboxylic acids is 1. The van der Waals surface area contributed by atoms with Gasteiger partial charge >= 0.3 is 0 Å². The van der Waals surface area contributed by atoms with Crippen molar-refractivity contribution in [3.8, 4) is 39.7 Å². The van der Waals surface area contributed by atoms with Crippen LogP contribution in [-0.4, -0.2) is 41.1 Å². The summed E-state index contributed by atoms with van der Waals surface area (Å²) in [7, 11) is 0. The second kappa shape index (κ2) is 10.1. The number of fused-ring (bicyclic) bond motifs is 2. The first-order valence-electron chi connectivity index (χ1n) is 13.6. The molecule has 1 aliphatic carbocycles. The molecule has 0 aliphatic heterocycles. The van der Waals surface area contributed by atoms with E-state index in [4.69, 9.17) is 4.98 Å². The Morgan fingerprint density at radius 1 is 0.927 bits per heavy atom. The molecule has 0 atom stereocenters. The molecule has 7 rings (SSSR count). The number of aromatic amines is 2. The Bertz CT molecular complexity index is 1900. The molecule has 6 aromatic rings. The number of benzene rings is 2. The van der Waals surface area contributed by atoms with E-state index in [1.54, 1.807) is 24.7 Å². The van der Waals surface area contributed by atoms with Crippen LogP contribution < -0.4 is 5.32 Å². The molecule has 1 aliphatic rings. The quantitative estimate of drug-likeness (QED) is 0.192. The molecule has 1 fully saturated rings. The van der Waals surface area contributed by atoms with E-state index in [0.717, 1.165) is 53.8 Å². The maximum Gasteiger partial charge on any atom is 0.227 e. The van der Waals surface area contributed by atoms with E-state index in [2.05, 4.69) is 30.5 Å². The number of anilines is 1. The average molecular weight is 548 g/mol. The maximum atomic E-state index is 14.0. The van der Waals surface area contributed by atoms with Gasteiger partial charge < -0.3 is 15.4 Å². The Morgan fingerprint density at radius 3 is 2.66 bits per heavy atom. The zero-order chi connectivity index (χ0) is 27.9. The molecule has 0 radical (unpaired) electrons. The molecule has 0 unspecified atom stereocenters. The van der Waals surface area contributed by atoms with Gasteiger partial charge in [0.15, 0.2) is 5.82 Å². The fourth-order valence-electron chi connectivity index (χ4n) is 5.62. The van der Waals surface area contributed by atoms with Gasteiger partial charge in [-0.3, -0.25) is 19.9 Å². The van der Waals surface area contributed by atoms with Crippen LogP contribution in [0.15, 0.2) is 67.1 Å². The Morgan fingerprint density at radius 2 is 1.80 bits per heavy atom. The molecule has 0 bridgehead atoms. The summed E-state index contributed by atoms with van der Waals surface area (Å²) in [5, 5.41) is 21.4. The second-order valence-corrected chi connectivity index (χ2v) is 10.5. The van der Waals surface area contributed by atoms with Crippen molar-refractivity contribution in [2.24, 2.45) is 5.92 Å². The Kier molecular flexibility index (Phi) is 6.15. The number of nitrogens with zero attached hydrogens (tertiary/aromatic N) is 4. The summed E-state index contributed by atoms with van der Waals surface area (Å²) in [5.41, 5.74) is 5.98. The highest BCUT2D eigenvalue weighted by atomic mass is 19.1. The van der Waals surface area contributed by atoms with Gasteiger partial charge in [0.1, 0.15) is 22.8 Å². The van der Waals surface area contributed by atoms with Gasteiger partial charge in [0.2, 0.25) is 5.91 Å². The van der Waals surface area contributed by atoms with Gasteiger partial charge in [-0.1, -0.05) is 25.3 Å². The number of carbonyl (C=O) groups is 1. The van der Waals surface area contributed by atoms with Crippen LogP contribution in [0.2, 0.25) is 0 Å². The fourth-order valence-corrected chi connectivity index (χ4v) is 5.62. The number of aromatic nitrogens is 6. The number of amides is 1. The number of nitrogens with one attached hydrogen (secondary N) is 3. The summed E-state index contributed by atoms with van der Waals surface area (Å²) in [6.07, 6.45) is 10.3. The SMILES string of the molecule is O=C(Nc1cncc(-c2ccc3[nH]nc(-c4nc5c(-c6cc(O)cc(F)c6)nccc5[nH]4)c3c2)c1)C1CCCCC1. The molecule has 0 spiro atoms. The van der Waals surface area contributed by atoms with Crippen LogP contribution in [0.4, 0.5) is 10.1 Å². The first-order chi connectivity index (χ1) is 20.0. The monoisotopic (exact) mass is 547 g/mol. The average Bonchev–Trinajstić information content (AvgIpc) is 3.61. The van der Waals surface area contributed by atoms with Crippen LogP contribution in [0.1, 0.15) is 32.1 Å². The van der Waals surface area contributed by atoms with Crippen molar-refractivity contribution in [2.45, 2.75) is 32.1 Å². The molecular formula is C31H26FN7O2. The number of pyridine rings is 2. The molecular weight excluding hydrogens is 521 g/mol. The first-order valence-corrected chi connectivity index (χ1v) is 13.6. The highest BCUT2D eigenvalue weighted by Crippen LogP contribution is 2.34. The van der Waals surface area contributed by atoms with Gasteiger partial charge in [0.05, 0.1) is 28.6 Å². The highest BCUT2D eigenvalue weighted by Gasteiger charge is 2.21. The number of hydrogen-bond acceptors (Lipinski definition) is 6. The summed E-state index contributed by atoms with van der Waals surface area (Å²) in [4.78, 5) is 29.6. The second-order valence-electron chi connectivity index (χ2n) is 10.5. The summed E-state index contributed by atoms with van der Waals surface area (Å²) in [5.74, 6) is -0.114. The lowest BCUT2D eigenvalue weighted by atomic mass is 9.88. The Balaban J connectivity index is 1.23. The molecule has 2 aromatic carbocycles. The van der Waals surface area contributed by atoms with Crippen molar-refractivity contribution >= 4 is 33.5 Å². The molecule has 4 N–H and O–H groups in total. The van der Waals surface area contributed by atoms with E-state index < -0.39 is 5.82 Å². The number of aromatic hydroxyl groups is 1. The normalized spacial score (nSPS) is 14.1. The molecule has 9 nitrogen and oxygen atoms in total. The summed E-state index contributed by atoms with van der Waals surface area (Å²) < 4.78 is 14.0. The molecule has 4 aromatic heterocycles. The zero-order valence-electron chi connectivity index (χ0n) is 22.0. The molecule has 10 heteroatoms. The van der Waals surface area contributed by atoms with E-state index in [1.807, 2.05) is 24.3 Å². The molecule has 4 heterocycles. The van der Waals surface area contributed by atoms with Crippen molar-refractivity contribution < 1.29 is 14.3 Å². The number of hydrogen-bond donors (Lipinski definition) is 4. The number of phenols is 1. The number of H-pyrrole nitrogens is 2. The van der Waals surface area contributed by atoms with E-state index >= 15 is 0 Å². The lowest BCUT2D eigenvalue weighted by molar-refractivity contribution is -0.120. The largest absolute Gasteiger partial charge is 0.508 e. The van der Waals surface area contributed by atoms with Gasteiger partial charge in [-0.2, -0.15) is 5.10 Å². The van der Waals surface area contributed by atoms with Crippen molar-refractivity contribution in [3.63, 3.8) is 0 Å². The van der Waals surface area contributed by atoms with Crippen LogP contribution in [-0.2, 0) is 4.79 Å². The standard InChI is InChI=1S/C31H26FN7O2/c32-21-10-19(12-23(40)14-21)27-29-26(8-9-34-27)36-30(37-29)28-24-13-18(6-7-25(24)38-39-28)20-11-22(16-33-15-20)35-31(41)17-4-2-1-3-5-17/h6-17,40H,1-5H2,(H,35,41)(H,36,37)(H,38,39). The molecule has 1 amide bonds. The van der Waals surface area contributed by atoms with Crippen LogP contribution in [0.25, 0.3) is 55.8 Å². The molecule has 41 heavy (non-hydrogen) atoms. The third-order valence-electron chi connectivity index (χ3n) is 7.66. The van der Waals surface area contributed by atoms with Gasteiger partial charge in [-0.25, -0.2) is 9.37 Å². The van der Waals surface area contributed by atoms with Crippen molar-refractivity contribution in [2.75, 3.05) is 5.32 Å². The number of halogens is 1. The third kappa shape index (κ3) is 4.77. The van der Waals surface area contributed by atoms with E-state index in [-0.39, 0.29) is 17.6 Å². The van der Waals surface area contributed by atoms with Crippen molar-refractivity contribution in [3.05, 3.63) is 72.9 Å². The van der Waals surface area contributed by atoms with Crippen LogP contribution >= 0.6 is 0 Å². The molecule has 1 saturated carbocycles. The maximum absolute atomic E-state index is 14.0. The van der Waals surface area contributed by atoms with Crippen molar-refractivity contribution in [1.29, 1.82) is 0 Å². The number of imidazole rings is 1. The van der Waals surface area contributed by atoms with Gasteiger partial charge in [0.25, 0.3) is 0 Å².